The van der Waals surface area contributed by atoms with E-state index < -0.39 is 18.1 Å². The number of hydrogen-bond acceptors (Lipinski definition) is 5. The van der Waals surface area contributed by atoms with Crippen LogP contribution >= 0.6 is 0 Å². The van der Waals surface area contributed by atoms with Crippen molar-refractivity contribution in [2.45, 2.75) is 19.9 Å². The fourth-order valence-electron chi connectivity index (χ4n) is 2.38. The van der Waals surface area contributed by atoms with Crippen LogP contribution in [0.15, 0.2) is 18.3 Å². The molecule has 1 N–H and O–H groups in total. The molecule has 21 heavy (non-hydrogen) atoms. The van der Waals surface area contributed by atoms with Crippen molar-refractivity contribution in [2.75, 3.05) is 31.1 Å². The Hall–Kier alpha value is -2.31. The molecule has 1 aliphatic rings. The molecule has 2 heterocycles. The smallest absolute Gasteiger partial charge is 0.410 e. The van der Waals surface area contributed by atoms with E-state index in [9.17, 15) is 14.7 Å². The third-order valence-electron chi connectivity index (χ3n) is 3.41. The summed E-state index contributed by atoms with van der Waals surface area (Å²) in [7, 11) is 0. The molecule has 1 aromatic rings. The van der Waals surface area contributed by atoms with Gasteiger partial charge in [0.1, 0.15) is 6.04 Å². The molecule has 114 valence electrons. The highest BCUT2D eigenvalue weighted by Crippen LogP contribution is 2.20. The number of carboxylic acid groups (broad SMARTS) is 1. The largest absolute Gasteiger partial charge is 0.480 e. The molecule has 0 radical (unpaired) electrons. The quantitative estimate of drug-likeness (QED) is 0.899. The van der Waals surface area contributed by atoms with Crippen molar-refractivity contribution in [3.05, 3.63) is 24.0 Å². The van der Waals surface area contributed by atoms with Crippen molar-refractivity contribution >= 4 is 17.7 Å². The van der Waals surface area contributed by atoms with Gasteiger partial charge in [-0.3, -0.25) is 9.88 Å². The first-order chi connectivity index (χ1) is 10.0. The van der Waals surface area contributed by atoms with Crippen molar-refractivity contribution in [1.82, 2.24) is 9.88 Å². The second kappa shape index (κ2) is 6.43. The zero-order valence-electron chi connectivity index (χ0n) is 12.2. The van der Waals surface area contributed by atoms with Gasteiger partial charge in [0, 0.05) is 37.2 Å². The molecule has 1 aromatic heterocycles. The van der Waals surface area contributed by atoms with Gasteiger partial charge in [-0.1, -0.05) is 0 Å². The van der Waals surface area contributed by atoms with Gasteiger partial charge in [0.2, 0.25) is 0 Å². The van der Waals surface area contributed by atoms with E-state index in [0.29, 0.717) is 13.1 Å². The van der Waals surface area contributed by atoms with E-state index in [0.717, 1.165) is 11.4 Å². The maximum absolute atomic E-state index is 11.8. The van der Waals surface area contributed by atoms with Crippen molar-refractivity contribution in [3.8, 4) is 0 Å². The van der Waals surface area contributed by atoms with Crippen LogP contribution in [0.4, 0.5) is 10.5 Å². The van der Waals surface area contributed by atoms with E-state index in [-0.39, 0.29) is 13.2 Å². The Labute approximate surface area is 123 Å². The fourth-order valence-corrected chi connectivity index (χ4v) is 2.38. The molecule has 0 aromatic carbocycles. The third-order valence-corrected chi connectivity index (χ3v) is 3.41. The second-order valence-corrected chi connectivity index (χ2v) is 4.85. The molecule has 1 atom stereocenters. The van der Waals surface area contributed by atoms with Gasteiger partial charge in [0.15, 0.2) is 0 Å². The van der Waals surface area contributed by atoms with Crippen LogP contribution in [-0.2, 0) is 9.53 Å². The molecule has 1 aliphatic heterocycles. The number of carbonyl (C=O) groups is 2. The number of carbonyl (C=O) groups excluding carboxylic acids is 1. The number of nitrogens with zero attached hydrogens (tertiary/aromatic N) is 3. The zero-order valence-corrected chi connectivity index (χ0v) is 12.2. The summed E-state index contributed by atoms with van der Waals surface area (Å²) in [5, 5.41) is 9.36. The minimum atomic E-state index is -1.03. The van der Waals surface area contributed by atoms with Gasteiger partial charge in [-0.25, -0.2) is 9.59 Å². The maximum Gasteiger partial charge on any atom is 0.410 e. The summed E-state index contributed by atoms with van der Waals surface area (Å²) in [4.78, 5) is 30.6. The summed E-state index contributed by atoms with van der Waals surface area (Å²) in [6, 6.07) is 2.83. The molecule has 7 nitrogen and oxygen atoms in total. The topological polar surface area (TPSA) is 83.0 Å². The first-order valence-electron chi connectivity index (χ1n) is 6.86. The Morgan fingerprint density at radius 3 is 2.86 bits per heavy atom. The molecule has 1 fully saturated rings. The Kier molecular flexibility index (Phi) is 4.62. The van der Waals surface area contributed by atoms with E-state index in [1.54, 1.807) is 13.1 Å². The number of aryl methyl sites for hydroxylation is 1. The fraction of sp³-hybridized carbons (Fsp3) is 0.500. The lowest BCUT2D eigenvalue weighted by Gasteiger charge is -2.39. The summed E-state index contributed by atoms with van der Waals surface area (Å²) in [5.41, 5.74) is 1.78. The predicted molar refractivity (Wildman–Crippen MR) is 76.3 cm³/mol. The number of hydrogen-bond donors (Lipinski definition) is 1. The summed E-state index contributed by atoms with van der Waals surface area (Å²) < 4.78 is 4.92. The molecular weight excluding hydrogens is 274 g/mol. The Bertz CT molecular complexity index is 535. The number of carboxylic acids is 1. The maximum atomic E-state index is 11.8. The lowest BCUT2D eigenvalue weighted by Crippen LogP contribution is -2.58. The van der Waals surface area contributed by atoms with E-state index in [1.165, 1.54) is 4.90 Å². The number of amides is 1. The van der Waals surface area contributed by atoms with Crippen molar-refractivity contribution in [1.29, 1.82) is 0 Å². The standard InChI is InChI=1S/C14H19N3O4/c1-3-21-14(20)17-7-6-16(9-12(17)13(18)19)11-4-5-15-10(2)8-11/h4-5,8,12H,3,6-7,9H2,1-2H3,(H,18,19). The molecule has 0 aliphatic carbocycles. The van der Waals surface area contributed by atoms with E-state index in [4.69, 9.17) is 4.74 Å². The first-order valence-corrected chi connectivity index (χ1v) is 6.86. The number of aliphatic carboxylic acids is 1. The SMILES string of the molecule is CCOC(=O)N1CCN(c2ccnc(C)c2)CC1C(=O)O. The summed E-state index contributed by atoms with van der Waals surface area (Å²) >= 11 is 0. The van der Waals surface area contributed by atoms with Crippen LogP contribution in [-0.4, -0.2) is 59.3 Å². The highest BCUT2D eigenvalue weighted by atomic mass is 16.6. The van der Waals surface area contributed by atoms with E-state index in [2.05, 4.69) is 4.98 Å². The normalized spacial score (nSPS) is 18.5. The average Bonchev–Trinajstić information content (AvgIpc) is 2.46. The highest BCUT2D eigenvalue weighted by Gasteiger charge is 2.36. The molecule has 0 saturated carbocycles. The Balaban J connectivity index is 2.15. The van der Waals surface area contributed by atoms with Crippen molar-refractivity contribution in [2.24, 2.45) is 0 Å². The van der Waals surface area contributed by atoms with Gasteiger partial charge in [-0.15, -0.1) is 0 Å². The van der Waals surface area contributed by atoms with Gasteiger partial charge in [-0.05, 0) is 26.0 Å². The van der Waals surface area contributed by atoms with Gasteiger partial charge in [0.25, 0.3) is 0 Å². The van der Waals surface area contributed by atoms with Crippen LogP contribution in [0.1, 0.15) is 12.6 Å². The number of piperazine rings is 1. The molecule has 0 spiro atoms. The molecule has 1 unspecified atom stereocenters. The Morgan fingerprint density at radius 1 is 1.48 bits per heavy atom. The van der Waals surface area contributed by atoms with Gasteiger partial charge < -0.3 is 14.7 Å². The number of ether oxygens (including phenoxy) is 1. The predicted octanol–water partition coefficient (Wildman–Crippen LogP) is 1.12. The van der Waals surface area contributed by atoms with Crippen LogP contribution in [0.25, 0.3) is 0 Å². The minimum Gasteiger partial charge on any atom is -0.480 e. The van der Waals surface area contributed by atoms with Gasteiger partial charge in [-0.2, -0.15) is 0 Å². The lowest BCUT2D eigenvalue weighted by molar-refractivity contribution is -0.142. The summed E-state index contributed by atoms with van der Waals surface area (Å²) in [6.07, 6.45) is 1.12. The molecule has 1 amide bonds. The van der Waals surface area contributed by atoms with E-state index in [1.807, 2.05) is 24.0 Å². The van der Waals surface area contributed by atoms with Gasteiger partial charge >= 0.3 is 12.1 Å². The molecule has 2 rings (SSSR count). The third kappa shape index (κ3) is 3.42. The lowest BCUT2D eigenvalue weighted by atomic mass is 10.1. The van der Waals surface area contributed by atoms with Crippen molar-refractivity contribution in [3.63, 3.8) is 0 Å². The van der Waals surface area contributed by atoms with Crippen LogP contribution in [0.3, 0.4) is 0 Å². The summed E-state index contributed by atoms with van der Waals surface area (Å²) in [6.45, 7) is 4.92. The number of aromatic nitrogens is 1. The van der Waals surface area contributed by atoms with Crippen LogP contribution in [0, 0.1) is 6.92 Å². The average molecular weight is 293 g/mol. The van der Waals surface area contributed by atoms with Crippen LogP contribution < -0.4 is 4.90 Å². The molecule has 7 heteroatoms. The van der Waals surface area contributed by atoms with Crippen LogP contribution in [0.2, 0.25) is 0 Å². The summed E-state index contributed by atoms with van der Waals surface area (Å²) in [5.74, 6) is -1.03. The highest BCUT2D eigenvalue weighted by molar-refractivity contribution is 5.81. The van der Waals surface area contributed by atoms with E-state index >= 15 is 0 Å². The molecule has 1 saturated heterocycles. The zero-order chi connectivity index (χ0) is 15.4. The number of anilines is 1. The Morgan fingerprint density at radius 2 is 2.24 bits per heavy atom. The second-order valence-electron chi connectivity index (χ2n) is 4.85. The molecular formula is C14H19N3O4. The number of rotatable bonds is 3. The van der Waals surface area contributed by atoms with Crippen LogP contribution in [0.5, 0.6) is 0 Å². The molecule has 0 bridgehead atoms. The first kappa shape index (κ1) is 15.1. The number of pyridine rings is 1. The van der Waals surface area contributed by atoms with Crippen molar-refractivity contribution < 1.29 is 19.4 Å². The van der Waals surface area contributed by atoms with Gasteiger partial charge in [0.05, 0.1) is 6.61 Å². The monoisotopic (exact) mass is 293 g/mol. The minimum absolute atomic E-state index is 0.231.